The first kappa shape index (κ1) is 13.1. The molecule has 0 radical (unpaired) electrons. The van der Waals surface area contributed by atoms with Gasteiger partial charge in [0.05, 0.1) is 18.4 Å². The first-order valence-corrected chi connectivity index (χ1v) is 7.88. The highest BCUT2D eigenvalue weighted by atomic mass is 32.2. The van der Waals surface area contributed by atoms with Gasteiger partial charge < -0.3 is 9.84 Å². The van der Waals surface area contributed by atoms with E-state index in [0.29, 0.717) is 18.0 Å². The molecule has 1 aromatic heterocycles. The minimum Gasteiger partial charge on any atom is -0.377 e. The molecule has 0 unspecified atom stereocenters. The molecule has 20 heavy (non-hydrogen) atoms. The van der Waals surface area contributed by atoms with Crippen LogP contribution in [0.5, 0.6) is 0 Å². The number of para-hydroxylation sites is 1. The van der Waals surface area contributed by atoms with Gasteiger partial charge in [0.15, 0.2) is 5.76 Å². The van der Waals surface area contributed by atoms with Crippen molar-refractivity contribution in [3.63, 3.8) is 0 Å². The average Bonchev–Trinajstić information content (AvgIpc) is 3.07. The van der Waals surface area contributed by atoms with Gasteiger partial charge in [-0.2, -0.15) is 0 Å². The first-order chi connectivity index (χ1) is 9.65. The van der Waals surface area contributed by atoms with Gasteiger partial charge in [0, 0.05) is 12.1 Å². The monoisotopic (exact) mass is 293 g/mol. The van der Waals surface area contributed by atoms with E-state index in [0.717, 1.165) is 12.8 Å². The molecule has 1 aliphatic rings. The van der Waals surface area contributed by atoms with Crippen LogP contribution < -0.4 is 10.0 Å². The maximum atomic E-state index is 12.3. The van der Waals surface area contributed by atoms with Crippen molar-refractivity contribution in [1.29, 1.82) is 0 Å². The maximum absolute atomic E-state index is 12.3. The van der Waals surface area contributed by atoms with Crippen molar-refractivity contribution in [2.45, 2.75) is 30.3 Å². The molecule has 0 atom stereocenters. The van der Waals surface area contributed by atoms with Crippen molar-refractivity contribution >= 4 is 15.7 Å². The molecule has 0 spiro atoms. The highest BCUT2D eigenvalue weighted by molar-refractivity contribution is 7.89. The number of rotatable bonds is 6. The van der Waals surface area contributed by atoms with E-state index in [9.17, 15) is 8.42 Å². The lowest BCUT2D eigenvalue weighted by Crippen LogP contribution is -2.26. The van der Waals surface area contributed by atoms with Crippen molar-refractivity contribution in [1.82, 2.24) is 9.88 Å². The zero-order chi connectivity index (χ0) is 14.0. The van der Waals surface area contributed by atoms with Crippen LogP contribution in [0.4, 0.5) is 5.69 Å². The molecular weight excluding hydrogens is 278 g/mol. The predicted molar refractivity (Wildman–Crippen MR) is 73.6 cm³/mol. The standard InChI is InChI=1S/C13H15N3O3S/c17-20(18,16-10-5-6-10)13-4-2-1-3-12(13)14-9-11-7-8-15-19-11/h1-4,7-8,10,14,16H,5-6,9H2. The van der Waals surface area contributed by atoms with Crippen LogP contribution in [0.25, 0.3) is 0 Å². The summed E-state index contributed by atoms with van der Waals surface area (Å²) < 4.78 is 32.2. The Morgan fingerprint density at radius 1 is 1.25 bits per heavy atom. The molecule has 0 amide bonds. The number of sulfonamides is 1. The molecule has 6 nitrogen and oxygen atoms in total. The Morgan fingerprint density at radius 2 is 2.05 bits per heavy atom. The molecule has 7 heteroatoms. The molecule has 1 fully saturated rings. The smallest absolute Gasteiger partial charge is 0.242 e. The van der Waals surface area contributed by atoms with E-state index in [1.807, 2.05) is 0 Å². The van der Waals surface area contributed by atoms with Crippen LogP contribution in [0.2, 0.25) is 0 Å². The predicted octanol–water partition coefficient (Wildman–Crippen LogP) is 1.73. The zero-order valence-electron chi connectivity index (χ0n) is 10.7. The highest BCUT2D eigenvalue weighted by Gasteiger charge is 2.29. The average molecular weight is 293 g/mol. The molecule has 2 aromatic rings. The molecule has 1 aromatic carbocycles. The van der Waals surface area contributed by atoms with E-state index >= 15 is 0 Å². The minimum atomic E-state index is -3.48. The molecule has 1 heterocycles. The van der Waals surface area contributed by atoms with Crippen LogP contribution >= 0.6 is 0 Å². The summed E-state index contributed by atoms with van der Waals surface area (Å²) in [6.07, 6.45) is 3.37. The van der Waals surface area contributed by atoms with Crippen LogP contribution in [0, 0.1) is 0 Å². The lowest BCUT2D eigenvalue weighted by molar-refractivity contribution is 0.388. The Labute approximate surface area is 117 Å². The van der Waals surface area contributed by atoms with Crippen LogP contribution in [0.3, 0.4) is 0 Å². The Kier molecular flexibility index (Phi) is 3.45. The van der Waals surface area contributed by atoms with Crippen molar-refractivity contribution in [2.75, 3.05) is 5.32 Å². The summed E-state index contributed by atoms with van der Waals surface area (Å²) in [5.41, 5.74) is 0.553. The van der Waals surface area contributed by atoms with E-state index in [-0.39, 0.29) is 10.9 Å². The Hall–Kier alpha value is -1.86. The third kappa shape index (κ3) is 3.00. The summed E-state index contributed by atoms with van der Waals surface area (Å²) in [5, 5.41) is 6.67. The van der Waals surface area contributed by atoms with Crippen molar-refractivity contribution < 1.29 is 12.9 Å². The molecule has 0 saturated heterocycles. The number of anilines is 1. The van der Waals surface area contributed by atoms with Crippen LogP contribution in [-0.2, 0) is 16.6 Å². The number of nitrogens with zero attached hydrogens (tertiary/aromatic N) is 1. The lowest BCUT2D eigenvalue weighted by atomic mass is 10.3. The summed E-state index contributed by atoms with van der Waals surface area (Å²) >= 11 is 0. The summed E-state index contributed by atoms with van der Waals surface area (Å²) in [6.45, 7) is 0.385. The van der Waals surface area contributed by atoms with Crippen molar-refractivity contribution in [3.8, 4) is 0 Å². The SMILES string of the molecule is O=S(=O)(NC1CC1)c1ccccc1NCc1ccno1. The minimum absolute atomic E-state index is 0.0855. The molecule has 106 valence electrons. The van der Waals surface area contributed by atoms with E-state index in [4.69, 9.17) is 4.52 Å². The Balaban J connectivity index is 1.80. The number of benzene rings is 1. The molecule has 0 bridgehead atoms. The van der Waals surface area contributed by atoms with E-state index < -0.39 is 10.0 Å². The van der Waals surface area contributed by atoms with Gasteiger partial charge in [-0.15, -0.1) is 0 Å². The summed E-state index contributed by atoms with van der Waals surface area (Å²) in [7, 11) is -3.48. The fourth-order valence-electron chi connectivity index (χ4n) is 1.85. The molecule has 1 aliphatic carbocycles. The zero-order valence-corrected chi connectivity index (χ0v) is 11.6. The second-order valence-corrected chi connectivity index (χ2v) is 6.41. The molecule has 1 saturated carbocycles. The van der Waals surface area contributed by atoms with Crippen molar-refractivity contribution in [3.05, 3.63) is 42.3 Å². The largest absolute Gasteiger partial charge is 0.377 e. The van der Waals surface area contributed by atoms with Gasteiger partial charge in [-0.3, -0.25) is 0 Å². The van der Waals surface area contributed by atoms with Gasteiger partial charge in [0.1, 0.15) is 4.90 Å². The molecule has 0 aliphatic heterocycles. The summed E-state index contributed by atoms with van der Waals surface area (Å²) in [4.78, 5) is 0.256. The fourth-order valence-corrected chi connectivity index (χ4v) is 3.34. The van der Waals surface area contributed by atoms with Gasteiger partial charge in [0.25, 0.3) is 0 Å². The van der Waals surface area contributed by atoms with E-state index in [1.54, 1.807) is 36.5 Å². The first-order valence-electron chi connectivity index (χ1n) is 6.40. The van der Waals surface area contributed by atoms with Gasteiger partial charge in [-0.25, -0.2) is 13.1 Å². The molecular formula is C13H15N3O3S. The molecule has 3 rings (SSSR count). The van der Waals surface area contributed by atoms with E-state index in [2.05, 4.69) is 15.2 Å². The number of hydrogen-bond acceptors (Lipinski definition) is 5. The van der Waals surface area contributed by atoms with Crippen LogP contribution in [0.1, 0.15) is 18.6 Å². The maximum Gasteiger partial charge on any atom is 0.242 e. The Morgan fingerprint density at radius 3 is 2.75 bits per heavy atom. The quantitative estimate of drug-likeness (QED) is 0.847. The summed E-state index contributed by atoms with van der Waals surface area (Å²) in [6, 6.07) is 8.64. The van der Waals surface area contributed by atoms with Crippen molar-refractivity contribution in [2.24, 2.45) is 0 Å². The van der Waals surface area contributed by atoms with Gasteiger partial charge in [-0.1, -0.05) is 17.3 Å². The lowest BCUT2D eigenvalue weighted by Gasteiger charge is -2.12. The second kappa shape index (κ2) is 5.26. The third-order valence-electron chi connectivity index (χ3n) is 3.02. The van der Waals surface area contributed by atoms with E-state index in [1.165, 1.54) is 0 Å². The number of hydrogen-bond donors (Lipinski definition) is 2. The number of nitrogens with one attached hydrogen (secondary N) is 2. The topological polar surface area (TPSA) is 84.2 Å². The van der Waals surface area contributed by atoms with Gasteiger partial charge >= 0.3 is 0 Å². The molecule has 2 N–H and O–H groups in total. The Bertz CT molecular complexity index is 679. The fraction of sp³-hybridized carbons (Fsp3) is 0.308. The van der Waals surface area contributed by atoms with Gasteiger partial charge in [-0.05, 0) is 25.0 Å². The highest BCUT2D eigenvalue weighted by Crippen LogP contribution is 2.26. The number of aromatic nitrogens is 1. The van der Waals surface area contributed by atoms with Gasteiger partial charge in [0.2, 0.25) is 10.0 Å². The summed E-state index contributed by atoms with van der Waals surface area (Å²) in [5.74, 6) is 0.646. The normalized spacial score (nSPS) is 15.2. The third-order valence-corrected chi connectivity index (χ3v) is 4.60. The van der Waals surface area contributed by atoms with Crippen LogP contribution in [-0.4, -0.2) is 19.6 Å². The second-order valence-electron chi connectivity index (χ2n) is 4.72. The van der Waals surface area contributed by atoms with Crippen LogP contribution in [0.15, 0.2) is 45.9 Å².